The van der Waals surface area contributed by atoms with Gasteiger partial charge in [0.2, 0.25) is 0 Å². The van der Waals surface area contributed by atoms with Crippen LogP contribution in [0.15, 0.2) is 249 Å². The van der Waals surface area contributed by atoms with E-state index in [2.05, 4.69) is 254 Å². The highest BCUT2D eigenvalue weighted by Gasteiger charge is 2.17. The van der Waals surface area contributed by atoms with Crippen LogP contribution in [0.25, 0.3) is 88.0 Å². The minimum absolute atomic E-state index is 1.09. The topological polar surface area (TPSA) is 3.24 Å². The van der Waals surface area contributed by atoms with Crippen molar-refractivity contribution in [3.8, 4) is 55.6 Å². The summed E-state index contributed by atoms with van der Waals surface area (Å²) in [5.41, 5.74) is 15.3. The molecule has 286 valence electrons. The highest BCUT2D eigenvalue weighted by atomic mass is 15.1. The maximum Gasteiger partial charge on any atom is 0.0462 e. The summed E-state index contributed by atoms with van der Waals surface area (Å²) in [4.78, 5) is 2.37. The predicted molar refractivity (Wildman–Crippen MR) is 261 cm³/mol. The molecule has 0 aliphatic rings. The highest BCUT2D eigenvalue weighted by molar-refractivity contribution is 5.99. The van der Waals surface area contributed by atoms with E-state index in [0.717, 1.165) is 17.1 Å². The predicted octanol–water partition coefficient (Wildman–Crippen LogP) is 17.0. The summed E-state index contributed by atoms with van der Waals surface area (Å²) in [6, 6.07) is 90.5. The van der Waals surface area contributed by atoms with E-state index in [1.165, 1.54) is 88.0 Å². The molecule has 0 saturated carbocycles. The number of hydrogen-bond donors (Lipinski definition) is 0. The Kier molecular flexibility index (Phi) is 9.26. The van der Waals surface area contributed by atoms with Crippen molar-refractivity contribution >= 4 is 49.4 Å². The first-order valence-corrected chi connectivity index (χ1v) is 21.0. The molecule has 0 spiro atoms. The van der Waals surface area contributed by atoms with Crippen LogP contribution in [0.4, 0.5) is 17.1 Å². The summed E-state index contributed by atoms with van der Waals surface area (Å²) in [6.07, 6.45) is 0. The monoisotopic (exact) mass is 775 g/mol. The molecule has 11 aromatic carbocycles. The fraction of sp³-hybridized carbons (Fsp3) is 0. The lowest BCUT2D eigenvalue weighted by Crippen LogP contribution is -2.09. The molecule has 0 N–H and O–H groups in total. The Morgan fingerprint density at radius 2 is 0.623 bits per heavy atom. The third kappa shape index (κ3) is 6.93. The lowest BCUT2D eigenvalue weighted by molar-refractivity contribution is 1.28. The second-order valence-corrected chi connectivity index (χ2v) is 15.7. The zero-order valence-electron chi connectivity index (χ0n) is 33.6. The van der Waals surface area contributed by atoms with Gasteiger partial charge in [-0.2, -0.15) is 0 Å². The molecule has 0 aliphatic heterocycles. The molecule has 1 heteroatoms. The third-order valence-corrected chi connectivity index (χ3v) is 12.1. The molecule has 0 heterocycles. The molecule has 11 aromatic rings. The second kappa shape index (κ2) is 15.6. The van der Waals surface area contributed by atoms with Gasteiger partial charge in [0, 0.05) is 17.1 Å². The quantitative estimate of drug-likeness (QED) is 0.149. The zero-order chi connectivity index (χ0) is 40.5. The van der Waals surface area contributed by atoms with Crippen LogP contribution in [0.2, 0.25) is 0 Å². The van der Waals surface area contributed by atoms with E-state index in [4.69, 9.17) is 0 Å². The van der Waals surface area contributed by atoms with E-state index in [1.54, 1.807) is 0 Å². The summed E-state index contributed by atoms with van der Waals surface area (Å²) in [5.74, 6) is 0. The number of anilines is 3. The van der Waals surface area contributed by atoms with Crippen molar-refractivity contribution in [2.45, 2.75) is 0 Å². The molecule has 61 heavy (non-hydrogen) atoms. The normalized spacial score (nSPS) is 11.3. The Morgan fingerprint density at radius 3 is 1.23 bits per heavy atom. The van der Waals surface area contributed by atoms with Crippen molar-refractivity contribution in [3.05, 3.63) is 249 Å². The number of rotatable bonds is 8. The second-order valence-electron chi connectivity index (χ2n) is 15.7. The first-order valence-electron chi connectivity index (χ1n) is 21.0. The van der Waals surface area contributed by atoms with Crippen LogP contribution < -0.4 is 4.90 Å². The Hall–Kier alpha value is -8.00. The Morgan fingerprint density at radius 1 is 0.197 bits per heavy atom. The van der Waals surface area contributed by atoms with Crippen LogP contribution in [-0.2, 0) is 0 Å². The molecule has 0 amide bonds. The highest BCUT2D eigenvalue weighted by Crippen LogP contribution is 2.42. The molecule has 1 nitrogen and oxygen atoms in total. The molecule has 11 rings (SSSR count). The fourth-order valence-corrected chi connectivity index (χ4v) is 8.97. The molecule has 0 bridgehead atoms. The van der Waals surface area contributed by atoms with E-state index in [0.29, 0.717) is 0 Å². The fourth-order valence-electron chi connectivity index (χ4n) is 8.97. The van der Waals surface area contributed by atoms with Crippen LogP contribution in [0.5, 0.6) is 0 Å². The number of benzene rings is 11. The van der Waals surface area contributed by atoms with Gasteiger partial charge in [-0.3, -0.25) is 0 Å². The van der Waals surface area contributed by atoms with Gasteiger partial charge < -0.3 is 4.90 Å². The van der Waals surface area contributed by atoms with Crippen molar-refractivity contribution in [3.63, 3.8) is 0 Å². The van der Waals surface area contributed by atoms with E-state index in [-0.39, 0.29) is 0 Å². The van der Waals surface area contributed by atoms with E-state index in [9.17, 15) is 0 Å². The molecule has 0 aliphatic carbocycles. The molecular formula is C60H41N. The van der Waals surface area contributed by atoms with Gasteiger partial charge in [-0.25, -0.2) is 0 Å². The van der Waals surface area contributed by atoms with Crippen molar-refractivity contribution in [2.75, 3.05) is 4.90 Å². The van der Waals surface area contributed by atoms with Crippen LogP contribution >= 0.6 is 0 Å². The first-order chi connectivity index (χ1) is 30.2. The lowest BCUT2D eigenvalue weighted by Gasteiger charge is -2.26. The van der Waals surface area contributed by atoms with E-state index in [1.807, 2.05) is 0 Å². The summed E-state index contributed by atoms with van der Waals surface area (Å²) < 4.78 is 0. The van der Waals surface area contributed by atoms with Crippen molar-refractivity contribution in [1.29, 1.82) is 0 Å². The van der Waals surface area contributed by atoms with Crippen LogP contribution in [0, 0.1) is 0 Å². The molecule has 0 radical (unpaired) electrons. The van der Waals surface area contributed by atoms with Gasteiger partial charge in [0.15, 0.2) is 0 Å². The van der Waals surface area contributed by atoms with Gasteiger partial charge in [0.25, 0.3) is 0 Å². The standard InChI is InChI=1S/C60H41N/c1-2-13-44(14-3-1)59-39-32-51(58-23-11-19-46-16-7-9-21-56(46)58)41-60(59)48-30-37-54(38-31-48)61(52-33-26-43(27-34-52)50-25-24-42-12-4-5-17-49(42)40-50)53-35-28-47(29-36-53)57-22-10-18-45-15-6-8-20-55(45)57/h1-41H. The summed E-state index contributed by atoms with van der Waals surface area (Å²) in [7, 11) is 0. The average molecular weight is 776 g/mol. The van der Waals surface area contributed by atoms with Crippen molar-refractivity contribution in [1.82, 2.24) is 0 Å². The Bertz CT molecular complexity index is 3320. The van der Waals surface area contributed by atoms with Gasteiger partial charge in [0.05, 0.1) is 0 Å². The van der Waals surface area contributed by atoms with Gasteiger partial charge in [0.1, 0.15) is 0 Å². The molecular weight excluding hydrogens is 735 g/mol. The Labute approximate surface area is 357 Å². The number of hydrogen-bond acceptors (Lipinski definition) is 1. The van der Waals surface area contributed by atoms with Gasteiger partial charge in [-0.1, -0.05) is 200 Å². The lowest BCUT2D eigenvalue weighted by atomic mass is 9.89. The summed E-state index contributed by atoms with van der Waals surface area (Å²) >= 11 is 0. The summed E-state index contributed by atoms with van der Waals surface area (Å²) in [6.45, 7) is 0. The van der Waals surface area contributed by atoms with Crippen molar-refractivity contribution < 1.29 is 0 Å². The molecule has 0 unspecified atom stereocenters. The number of nitrogens with zero attached hydrogens (tertiary/aromatic N) is 1. The van der Waals surface area contributed by atoms with E-state index < -0.39 is 0 Å². The van der Waals surface area contributed by atoms with Crippen LogP contribution in [0.1, 0.15) is 0 Å². The van der Waals surface area contributed by atoms with Gasteiger partial charge in [-0.05, 0) is 136 Å². The zero-order valence-corrected chi connectivity index (χ0v) is 33.6. The molecule has 0 fully saturated rings. The average Bonchev–Trinajstić information content (AvgIpc) is 3.34. The van der Waals surface area contributed by atoms with Crippen LogP contribution in [0.3, 0.4) is 0 Å². The molecule has 0 atom stereocenters. The van der Waals surface area contributed by atoms with E-state index >= 15 is 0 Å². The van der Waals surface area contributed by atoms with Crippen molar-refractivity contribution in [2.24, 2.45) is 0 Å². The minimum atomic E-state index is 1.09. The smallest absolute Gasteiger partial charge is 0.0462 e. The molecule has 0 aromatic heterocycles. The van der Waals surface area contributed by atoms with Gasteiger partial charge in [-0.15, -0.1) is 0 Å². The Balaban J connectivity index is 1.01. The maximum absolute atomic E-state index is 2.37. The first kappa shape index (κ1) is 36.1. The van der Waals surface area contributed by atoms with Gasteiger partial charge >= 0.3 is 0 Å². The minimum Gasteiger partial charge on any atom is -0.311 e. The largest absolute Gasteiger partial charge is 0.311 e. The molecule has 0 saturated heterocycles. The number of fused-ring (bicyclic) bond motifs is 3. The third-order valence-electron chi connectivity index (χ3n) is 12.1. The summed E-state index contributed by atoms with van der Waals surface area (Å²) in [5, 5.41) is 7.50. The maximum atomic E-state index is 2.37. The van der Waals surface area contributed by atoms with Crippen LogP contribution in [-0.4, -0.2) is 0 Å². The SMILES string of the molecule is c1ccc(-c2ccc(-c3cccc4ccccc34)cc2-c2ccc(N(c3ccc(-c4ccc5ccccc5c4)cc3)c3ccc(-c4cccc5ccccc45)cc3)cc2)cc1.